The van der Waals surface area contributed by atoms with Gasteiger partial charge in [0, 0.05) is 25.2 Å². The van der Waals surface area contributed by atoms with Gasteiger partial charge in [0.25, 0.3) is 5.91 Å². The summed E-state index contributed by atoms with van der Waals surface area (Å²) in [6.45, 7) is 1.83. The van der Waals surface area contributed by atoms with Gasteiger partial charge in [-0.2, -0.15) is 4.31 Å². The van der Waals surface area contributed by atoms with E-state index in [4.69, 9.17) is 4.98 Å². The van der Waals surface area contributed by atoms with Crippen molar-refractivity contribution < 1.29 is 13.2 Å². The maximum Gasteiger partial charge on any atom is 0.254 e. The molecule has 0 aliphatic carbocycles. The molecule has 0 unspecified atom stereocenters. The molecule has 2 fully saturated rings. The van der Waals surface area contributed by atoms with Gasteiger partial charge in [-0.05, 0) is 68.5 Å². The van der Waals surface area contributed by atoms with Crippen LogP contribution < -0.4 is 0 Å². The van der Waals surface area contributed by atoms with E-state index in [1.165, 1.54) is 4.31 Å². The Balaban J connectivity index is 1.40. The van der Waals surface area contributed by atoms with Crippen LogP contribution >= 0.6 is 11.3 Å². The zero-order valence-electron chi connectivity index (χ0n) is 17.2. The van der Waals surface area contributed by atoms with Crippen molar-refractivity contribution in [3.05, 3.63) is 59.1 Å². The third-order valence-corrected chi connectivity index (χ3v) is 9.21. The van der Waals surface area contributed by atoms with Crippen molar-refractivity contribution in [1.29, 1.82) is 0 Å². The molecule has 0 N–H and O–H groups in total. The predicted molar refractivity (Wildman–Crippen MR) is 122 cm³/mol. The fraction of sp³-hybridized carbons (Fsp3) is 0.391. The van der Waals surface area contributed by atoms with Crippen LogP contribution in [0.15, 0.2) is 53.4 Å². The first kappa shape index (κ1) is 20.6. The van der Waals surface area contributed by atoms with Crippen molar-refractivity contribution in [2.75, 3.05) is 19.6 Å². The molecule has 3 aromatic rings. The Morgan fingerprint density at radius 3 is 2.39 bits per heavy atom. The van der Waals surface area contributed by atoms with Crippen molar-refractivity contribution in [3.8, 4) is 0 Å². The quantitative estimate of drug-likeness (QED) is 0.583. The first-order valence-corrected chi connectivity index (χ1v) is 13.1. The van der Waals surface area contributed by atoms with E-state index in [-0.39, 0.29) is 16.8 Å². The summed E-state index contributed by atoms with van der Waals surface area (Å²) in [4.78, 5) is 20.3. The average molecular weight is 456 g/mol. The minimum Gasteiger partial charge on any atom is -0.329 e. The minimum atomic E-state index is -3.47. The first-order valence-electron chi connectivity index (χ1n) is 10.8. The highest BCUT2D eigenvalue weighted by Crippen LogP contribution is 2.36. The molecule has 0 bridgehead atoms. The summed E-state index contributed by atoms with van der Waals surface area (Å²) in [5.41, 5.74) is 1.49. The van der Waals surface area contributed by atoms with E-state index >= 15 is 0 Å². The van der Waals surface area contributed by atoms with Gasteiger partial charge in [0.2, 0.25) is 10.0 Å². The minimum absolute atomic E-state index is 0.0355. The average Bonchev–Trinajstić information content (AvgIpc) is 3.49. The number of likely N-dealkylation sites (tertiary alicyclic amines) is 1. The van der Waals surface area contributed by atoms with Crippen LogP contribution in [0.4, 0.5) is 0 Å². The van der Waals surface area contributed by atoms with Crippen molar-refractivity contribution in [2.24, 2.45) is 0 Å². The normalized spacial score (nSPS) is 20.4. The van der Waals surface area contributed by atoms with E-state index in [0.29, 0.717) is 25.2 Å². The summed E-state index contributed by atoms with van der Waals surface area (Å²) in [6.07, 6.45) is 4.73. The fourth-order valence-corrected chi connectivity index (χ4v) is 7.11. The van der Waals surface area contributed by atoms with Crippen LogP contribution in [0, 0.1) is 0 Å². The predicted octanol–water partition coefficient (Wildman–Crippen LogP) is 4.45. The summed E-state index contributed by atoms with van der Waals surface area (Å²) >= 11 is 1.65. The van der Waals surface area contributed by atoms with E-state index in [9.17, 15) is 13.2 Å². The Bertz CT molecular complexity index is 1170. The van der Waals surface area contributed by atoms with Crippen LogP contribution in [-0.4, -0.2) is 48.1 Å². The van der Waals surface area contributed by atoms with Crippen molar-refractivity contribution in [3.63, 3.8) is 0 Å². The Morgan fingerprint density at radius 1 is 0.935 bits per heavy atom. The maximum atomic E-state index is 13.4. The third-order valence-electron chi connectivity index (χ3n) is 6.16. The Labute approximate surface area is 186 Å². The highest BCUT2D eigenvalue weighted by atomic mass is 32.2. The number of amides is 1. The van der Waals surface area contributed by atoms with E-state index in [0.717, 1.165) is 47.3 Å². The summed E-state index contributed by atoms with van der Waals surface area (Å²) in [7, 11) is -3.47. The number of rotatable bonds is 4. The number of hydrogen-bond donors (Lipinski definition) is 0. The molecule has 5 rings (SSSR count). The molecule has 2 saturated heterocycles. The van der Waals surface area contributed by atoms with Crippen LogP contribution in [0.2, 0.25) is 0 Å². The zero-order valence-corrected chi connectivity index (χ0v) is 18.9. The van der Waals surface area contributed by atoms with E-state index < -0.39 is 10.0 Å². The molecule has 1 aromatic heterocycles. The van der Waals surface area contributed by atoms with Gasteiger partial charge in [-0.1, -0.05) is 12.1 Å². The van der Waals surface area contributed by atoms with Gasteiger partial charge in [0.05, 0.1) is 21.2 Å². The van der Waals surface area contributed by atoms with Gasteiger partial charge in [-0.25, -0.2) is 13.4 Å². The first-order chi connectivity index (χ1) is 15.0. The molecule has 0 radical (unpaired) electrons. The number of benzene rings is 2. The van der Waals surface area contributed by atoms with Crippen molar-refractivity contribution in [2.45, 2.75) is 43.0 Å². The molecule has 2 aliphatic heterocycles. The molecule has 0 saturated carbocycles. The number of nitrogens with zero attached hydrogens (tertiary/aromatic N) is 3. The summed E-state index contributed by atoms with van der Waals surface area (Å²) in [5.74, 6) is -0.0610. The molecule has 6 nitrogen and oxygen atoms in total. The van der Waals surface area contributed by atoms with Gasteiger partial charge < -0.3 is 4.90 Å². The van der Waals surface area contributed by atoms with Crippen LogP contribution in [0.25, 0.3) is 10.2 Å². The molecule has 162 valence electrons. The number of carbonyl (C=O) groups is 1. The smallest absolute Gasteiger partial charge is 0.254 e. The monoisotopic (exact) mass is 455 g/mol. The third kappa shape index (κ3) is 3.88. The number of para-hydroxylation sites is 1. The highest BCUT2D eigenvalue weighted by Gasteiger charge is 2.32. The van der Waals surface area contributed by atoms with Crippen molar-refractivity contribution in [1.82, 2.24) is 14.2 Å². The van der Waals surface area contributed by atoms with Crippen LogP contribution in [0.5, 0.6) is 0 Å². The maximum absolute atomic E-state index is 13.4. The standard InChI is InChI=1S/C23H25N3O3S2/c27-23(17-10-12-18(13-11-17)31(28,29)25-14-5-6-15-25)26-16-4-3-8-20(26)22-24-19-7-1-2-9-21(19)30-22/h1-2,7,9-13,20H,3-6,8,14-16H2/t20-/m1/s1. The SMILES string of the molecule is O=C(c1ccc(S(=O)(=O)N2CCCC2)cc1)N1CCCC[C@@H]1c1nc2ccccc2s1. The summed E-state index contributed by atoms with van der Waals surface area (Å²) < 4.78 is 28.2. The summed E-state index contributed by atoms with van der Waals surface area (Å²) in [5, 5.41) is 0.975. The molecule has 3 heterocycles. The molecule has 2 aromatic carbocycles. The lowest BCUT2D eigenvalue weighted by Crippen LogP contribution is -2.38. The second-order valence-electron chi connectivity index (χ2n) is 8.17. The van der Waals surface area contributed by atoms with Crippen LogP contribution in [0.3, 0.4) is 0 Å². The lowest BCUT2D eigenvalue weighted by molar-refractivity contribution is 0.0611. The number of hydrogen-bond acceptors (Lipinski definition) is 5. The number of sulfonamides is 1. The molecule has 1 atom stereocenters. The summed E-state index contributed by atoms with van der Waals surface area (Å²) in [6, 6.07) is 14.4. The molecular weight excluding hydrogens is 430 g/mol. The highest BCUT2D eigenvalue weighted by molar-refractivity contribution is 7.89. The number of fused-ring (bicyclic) bond motifs is 1. The lowest BCUT2D eigenvalue weighted by Gasteiger charge is -2.34. The number of aromatic nitrogens is 1. The molecule has 2 aliphatic rings. The molecule has 0 spiro atoms. The molecule has 8 heteroatoms. The Hall–Kier alpha value is -2.29. The molecule has 31 heavy (non-hydrogen) atoms. The topological polar surface area (TPSA) is 70.6 Å². The molecule has 1 amide bonds. The van der Waals surface area contributed by atoms with Crippen molar-refractivity contribution >= 4 is 37.5 Å². The Morgan fingerprint density at radius 2 is 1.65 bits per heavy atom. The Kier molecular flexibility index (Phi) is 5.54. The number of piperidine rings is 1. The second-order valence-corrected chi connectivity index (χ2v) is 11.2. The van der Waals surface area contributed by atoms with Gasteiger partial charge in [-0.3, -0.25) is 4.79 Å². The van der Waals surface area contributed by atoms with Crippen LogP contribution in [0.1, 0.15) is 53.5 Å². The number of thiazole rings is 1. The second kappa shape index (κ2) is 8.33. The lowest BCUT2D eigenvalue weighted by atomic mass is 10.0. The van der Waals surface area contributed by atoms with Crippen LogP contribution in [-0.2, 0) is 10.0 Å². The van der Waals surface area contributed by atoms with E-state index in [1.54, 1.807) is 35.6 Å². The fourth-order valence-electron chi connectivity index (χ4n) is 4.48. The zero-order chi connectivity index (χ0) is 21.4. The largest absolute Gasteiger partial charge is 0.329 e. The van der Waals surface area contributed by atoms with Gasteiger partial charge >= 0.3 is 0 Å². The van der Waals surface area contributed by atoms with Gasteiger partial charge in [0.15, 0.2) is 0 Å². The van der Waals surface area contributed by atoms with E-state index in [2.05, 4.69) is 6.07 Å². The van der Waals surface area contributed by atoms with Gasteiger partial charge in [-0.15, -0.1) is 11.3 Å². The van der Waals surface area contributed by atoms with E-state index in [1.807, 2.05) is 23.1 Å². The van der Waals surface area contributed by atoms with Gasteiger partial charge in [0.1, 0.15) is 5.01 Å². The number of carbonyl (C=O) groups excluding carboxylic acids is 1. The molecular formula is C23H25N3O3S2.